The molecule has 1 unspecified atom stereocenters. The minimum Gasteiger partial charge on any atom is -0.496 e. The summed E-state index contributed by atoms with van der Waals surface area (Å²) in [5.74, 6) is 1.24. The number of benzene rings is 2. The molecule has 1 atom stereocenters. The molecule has 1 aliphatic heterocycles. The highest BCUT2D eigenvalue weighted by Gasteiger charge is 2.27. The predicted octanol–water partition coefficient (Wildman–Crippen LogP) is 4.10. The van der Waals surface area contributed by atoms with Gasteiger partial charge in [-0.15, -0.1) is 0 Å². The summed E-state index contributed by atoms with van der Waals surface area (Å²) in [6, 6.07) is 16.7. The van der Waals surface area contributed by atoms with Gasteiger partial charge in [-0.2, -0.15) is 0 Å². The van der Waals surface area contributed by atoms with E-state index in [2.05, 4.69) is 49.5 Å². The van der Waals surface area contributed by atoms with Gasteiger partial charge in [-0.05, 0) is 50.4 Å². The fourth-order valence-electron chi connectivity index (χ4n) is 3.68. The van der Waals surface area contributed by atoms with Crippen molar-refractivity contribution in [2.24, 2.45) is 5.92 Å². The summed E-state index contributed by atoms with van der Waals surface area (Å²) < 4.78 is 5.47. The van der Waals surface area contributed by atoms with E-state index in [0.717, 1.165) is 48.4 Å². The lowest BCUT2D eigenvalue weighted by Gasteiger charge is -2.32. The van der Waals surface area contributed by atoms with E-state index in [1.165, 1.54) is 0 Å². The number of carbonyl (C=O) groups is 1. The molecule has 0 bridgehead atoms. The molecule has 1 N–H and O–H groups in total. The summed E-state index contributed by atoms with van der Waals surface area (Å²) in [7, 11) is 1.69. The summed E-state index contributed by atoms with van der Waals surface area (Å²) in [4.78, 5) is 15.0. The molecule has 0 saturated carbocycles. The number of hydrogen-bond acceptors (Lipinski definition) is 3. The van der Waals surface area contributed by atoms with Crippen LogP contribution in [-0.2, 0) is 11.3 Å². The Morgan fingerprint density at radius 1 is 1.19 bits per heavy atom. The zero-order valence-corrected chi connectivity index (χ0v) is 16.6. The van der Waals surface area contributed by atoms with Crippen LogP contribution in [0.1, 0.15) is 32.3 Å². The first-order valence-electron chi connectivity index (χ1n) is 9.83. The average molecular weight is 367 g/mol. The summed E-state index contributed by atoms with van der Waals surface area (Å²) in [5.41, 5.74) is 3.35. The lowest BCUT2D eigenvalue weighted by atomic mass is 9.97. The van der Waals surface area contributed by atoms with E-state index < -0.39 is 0 Å². The summed E-state index contributed by atoms with van der Waals surface area (Å²) in [5, 5.41) is 3.35. The Labute approximate surface area is 162 Å². The minimum absolute atomic E-state index is 0.106. The van der Waals surface area contributed by atoms with Crippen LogP contribution in [0.3, 0.4) is 0 Å². The zero-order valence-electron chi connectivity index (χ0n) is 16.6. The van der Waals surface area contributed by atoms with Crippen LogP contribution in [0.5, 0.6) is 5.75 Å². The van der Waals surface area contributed by atoms with Crippen LogP contribution < -0.4 is 10.1 Å². The standard InChI is InChI=1S/C23H30N2O2/c1-17(2)25(23(26)20-7-6-14-24-15-20)16-18-10-12-19(13-11-18)21-8-4-5-9-22(21)27-3/h4-5,8-13,17,20,24H,6-7,14-16H2,1-3H3. The molecule has 1 amide bonds. The number of hydrogen-bond donors (Lipinski definition) is 1. The molecule has 0 spiro atoms. The summed E-state index contributed by atoms with van der Waals surface area (Å²) in [6.45, 7) is 6.67. The molecule has 0 aliphatic carbocycles. The number of nitrogens with zero attached hydrogens (tertiary/aromatic N) is 1. The second kappa shape index (κ2) is 9.05. The van der Waals surface area contributed by atoms with Crippen LogP contribution in [0.2, 0.25) is 0 Å². The van der Waals surface area contributed by atoms with E-state index in [-0.39, 0.29) is 17.9 Å². The van der Waals surface area contributed by atoms with Gasteiger partial charge >= 0.3 is 0 Å². The Hall–Kier alpha value is -2.33. The zero-order chi connectivity index (χ0) is 19.2. The van der Waals surface area contributed by atoms with Crippen LogP contribution in [0.4, 0.5) is 0 Å². The normalized spacial score (nSPS) is 17.0. The highest BCUT2D eigenvalue weighted by Crippen LogP contribution is 2.30. The van der Waals surface area contributed by atoms with Crippen LogP contribution >= 0.6 is 0 Å². The number of carbonyl (C=O) groups excluding carboxylic acids is 1. The monoisotopic (exact) mass is 366 g/mol. The molecule has 1 saturated heterocycles. The molecular weight excluding hydrogens is 336 g/mol. The van der Waals surface area contributed by atoms with Gasteiger partial charge in [-0.3, -0.25) is 4.79 Å². The molecular formula is C23H30N2O2. The van der Waals surface area contributed by atoms with Gasteiger partial charge in [-0.25, -0.2) is 0 Å². The van der Waals surface area contributed by atoms with Crippen molar-refractivity contribution in [3.05, 3.63) is 54.1 Å². The van der Waals surface area contributed by atoms with Crippen molar-refractivity contribution >= 4 is 5.91 Å². The minimum atomic E-state index is 0.106. The molecule has 1 heterocycles. The van der Waals surface area contributed by atoms with Gasteiger partial charge in [0, 0.05) is 24.7 Å². The first-order chi connectivity index (χ1) is 13.1. The number of methoxy groups -OCH3 is 1. The summed E-state index contributed by atoms with van der Waals surface area (Å²) in [6.07, 6.45) is 2.07. The molecule has 2 aromatic carbocycles. The highest BCUT2D eigenvalue weighted by molar-refractivity contribution is 5.79. The number of amides is 1. The van der Waals surface area contributed by atoms with Crippen molar-refractivity contribution < 1.29 is 9.53 Å². The molecule has 1 fully saturated rings. The lowest BCUT2D eigenvalue weighted by Crippen LogP contribution is -2.45. The van der Waals surface area contributed by atoms with E-state index in [4.69, 9.17) is 4.74 Å². The third-order valence-corrected chi connectivity index (χ3v) is 5.28. The first-order valence-corrected chi connectivity index (χ1v) is 9.83. The largest absolute Gasteiger partial charge is 0.496 e. The molecule has 0 radical (unpaired) electrons. The Balaban J connectivity index is 1.74. The maximum atomic E-state index is 13.0. The second-order valence-corrected chi connectivity index (χ2v) is 7.50. The number of para-hydroxylation sites is 1. The van der Waals surface area contributed by atoms with Gasteiger partial charge in [0.1, 0.15) is 5.75 Å². The highest BCUT2D eigenvalue weighted by atomic mass is 16.5. The van der Waals surface area contributed by atoms with Crippen molar-refractivity contribution in [2.75, 3.05) is 20.2 Å². The third kappa shape index (κ3) is 4.69. The van der Waals surface area contributed by atoms with Crippen LogP contribution in [0.25, 0.3) is 11.1 Å². The number of piperidine rings is 1. The van der Waals surface area contributed by atoms with Gasteiger partial charge in [0.15, 0.2) is 0 Å². The molecule has 27 heavy (non-hydrogen) atoms. The number of rotatable bonds is 6. The Kier molecular flexibility index (Phi) is 6.51. The van der Waals surface area contributed by atoms with Crippen LogP contribution in [0.15, 0.2) is 48.5 Å². The fraction of sp³-hybridized carbons (Fsp3) is 0.435. The molecule has 1 aliphatic rings. The third-order valence-electron chi connectivity index (χ3n) is 5.28. The Morgan fingerprint density at radius 2 is 1.93 bits per heavy atom. The Bertz CT molecular complexity index is 749. The van der Waals surface area contributed by atoms with E-state index in [0.29, 0.717) is 6.54 Å². The van der Waals surface area contributed by atoms with Gasteiger partial charge in [-0.1, -0.05) is 42.5 Å². The SMILES string of the molecule is COc1ccccc1-c1ccc(CN(C(=O)C2CCCNC2)C(C)C)cc1. The van der Waals surface area contributed by atoms with Gasteiger partial charge in [0.05, 0.1) is 13.0 Å². The van der Waals surface area contributed by atoms with Crippen molar-refractivity contribution in [1.82, 2.24) is 10.2 Å². The van der Waals surface area contributed by atoms with Gasteiger partial charge in [0.2, 0.25) is 5.91 Å². The molecule has 2 aromatic rings. The molecule has 0 aromatic heterocycles. The first kappa shape index (κ1) is 19.4. The molecule has 144 valence electrons. The quantitative estimate of drug-likeness (QED) is 0.837. The molecule has 3 rings (SSSR count). The van der Waals surface area contributed by atoms with Crippen LogP contribution in [0, 0.1) is 5.92 Å². The lowest BCUT2D eigenvalue weighted by molar-refractivity contribution is -0.138. The Morgan fingerprint density at radius 3 is 2.56 bits per heavy atom. The van der Waals surface area contributed by atoms with Crippen molar-refractivity contribution in [2.45, 2.75) is 39.3 Å². The van der Waals surface area contributed by atoms with Crippen LogP contribution in [-0.4, -0.2) is 37.0 Å². The van der Waals surface area contributed by atoms with Gasteiger partial charge in [0.25, 0.3) is 0 Å². The number of nitrogens with one attached hydrogen (secondary N) is 1. The molecule has 4 nitrogen and oxygen atoms in total. The smallest absolute Gasteiger partial charge is 0.227 e. The maximum Gasteiger partial charge on any atom is 0.227 e. The second-order valence-electron chi connectivity index (χ2n) is 7.50. The summed E-state index contributed by atoms with van der Waals surface area (Å²) >= 11 is 0. The molecule has 4 heteroatoms. The van der Waals surface area contributed by atoms with E-state index in [1.807, 2.05) is 23.1 Å². The number of ether oxygens (including phenoxy) is 1. The topological polar surface area (TPSA) is 41.6 Å². The van der Waals surface area contributed by atoms with Crippen molar-refractivity contribution in [3.8, 4) is 16.9 Å². The fourth-order valence-corrected chi connectivity index (χ4v) is 3.68. The van der Waals surface area contributed by atoms with E-state index in [1.54, 1.807) is 7.11 Å². The van der Waals surface area contributed by atoms with E-state index in [9.17, 15) is 4.79 Å². The van der Waals surface area contributed by atoms with E-state index >= 15 is 0 Å². The maximum absolute atomic E-state index is 13.0. The predicted molar refractivity (Wildman–Crippen MR) is 110 cm³/mol. The van der Waals surface area contributed by atoms with Gasteiger partial charge < -0.3 is 15.0 Å². The van der Waals surface area contributed by atoms with Crippen molar-refractivity contribution in [3.63, 3.8) is 0 Å². The van der Waals surface area contributed by atoms with Crippen molar-refractivity contribution in [1.29, 1.82) is 0 Å². The average Bonchev–Trinajstić information content (AvgIpc) is 2.72.